The second-order valence-corrected chi connectivity index (χ2v) is 5.41. The average molecular weight is 289 g/mol. The molecule has 5 nitrogen and oxygen atoms in total. The Morgan fingerprint density at radius 2 is 2.35 bits per heavy atom. The molecule has 0 radical (unpaired) electrons. The number of aromatic nitrogens is 2. The molecule has 1 aromatic carbocycles. The molecule has 0 aliphatic carbocycles. The lowest BCUT2D eigenvalue weighted by atomic mass is 9.89. The second kappa shape index (κ2) is 4.89. The maximum atomic E-state index is 9.39. The fraction of sp³-hybridized carbons (Fsp3) is 0.357. The molecule has 1 unspecified atom stereocenters. The van der Waals surface area contributed by atoms with E-state index in [0.717, 1.165) is 17.7 Å². The summed E-state index contributed by atoms with van der Waals surface area (Å²) in [4.78, 5) is 4.38. The third kappa shape index (κ3) is 2.07. The summed E-state index contributed by atoms with van der Waals surface area (Å²) in [6.45, 7) is 3.25. The molecule has 1 saturated heterocycles. The number of hydrogen-bond donors (Lipinski definition) is 1. The van der Waals surface area contributed by atoms with Crippen LogP contribution in [0.15, 0.2) is 22.7 Å². The number of aryl methyl sites for hydroxylation is 1. The normalized spacial score (nSPS) is 21.9. The number of benzene rings is 1. The van der Waals surface area contributed by atoms with Gasteiger partial charge in [0.05, 0.1) is 6.07 Å². The second-order valence-electron chi connectivity index (χ2n) is 5.01. The Hall–Kier alpha value is -1.90. The predicted octanol–water partition coefficient (Wildman–Crippen LogP) is 2.45. The van der Waals surface area contributed by atoms with Crippen molar-refractivity contribution in [2.45, 2.75) is 18.8 Å². The lowest BCUT2D eigenvalue weighted by Gasteiger charge is -2.12. The van der Waals surface area contributed by atoms with Crippen molar-refractivity contribution in [1.82, 2.24) is 15.5 Å². The molecule has 1 aliphatic heterocycles. The van der Waals surface area contributed by atoms with Gasteiger partial charge in [0, 0.05) is 17.1 Å². The number of nitrogens with zero attached hydrogens (tertiary/aromatic N) is 3. The molecule has 0 bridgehead atoms. The summed E-state index contributed by atoms with van der Waals surface area (Å²) >= 11 is 6.10. The van der Waals surface area contributed by atoms with Crippen LogP contribution in [0.2, 0.25) is 5.02 Å². The van der Waals surface area contributed by atoms with Crippen molar-refractivity contribution in [3.05, 3.63) is 34.7 Å². The van der Waals surface area contributed by atoms with Gasteiger partial charge < -0.3 is 9.84 Å². The standard InChI is InChI=1S/C14H13ClN4O/c1-9-2-3-10(6-11(9)15)12-18-13(20-19-12)14(7-16)4-5-17-8-14/h2-3,6,17H,4-5,8H2,1H3. The van der Waals surface area contributed by atoms with E-state index in [1.165, 1.54) is 0 Å². The summed E-state index contributed by atoms with van der Waals surface area (Å²) in [5.74, 6) is 0.833. The third-order valence-electron chi connectivity index (χ3n) is 3.63. The van der Waals surface area contributed by atoms with Crippen LogP contribution in [0.5, 0.6) is 0 Å². The van der Waals surface area contributed by atoms with Gasteiger partial charge in [0.1, 0.15) is 5.41 Å². The molecule has 1 aliphatic rings. The van der Waals surface area contributed by atoms with Gasteiger partial charge in [-0.2, -0.15) is 10.2 Å². The Balaban J connectivity index is 1.98. The minimum absolute atomic E-state index is 0.372. The van der Waals surface area contributed by atoms with E-state index in [4.69, 9.17) is 16.1 Å². The van der Waals surface area contributed by atoms with Crippen LogP contribution in [0.1, 0.15) is 17.9 Å². The highest BCUT2D eigenvalue weighted by molar-refractivity contribution is 6.31. The van der Waals surface area contributed by atoms with Crippen LogP contribution in [-0.2, 0) is 5.41 Å². The number of nitrogens with one attached hydrogen (secondary N) is 1. The summed E-state index contributed by atoms with van der Waals surface area (Å²) < 4.78 is 5.30. The lowest BCUT2D eigenvalue weighted by Crippen LogP contribution is -2.27. The van der Waals surface area contributed by atoms with Crippen molar-refractivity contribution >= 4 is 11.6 Å². The molecule has 1 atom stereocenters. The molecule has 1 aromatic heterocycles. The van der Waals surface area contributed by atoms with Gasteiger partial charge in [-0.05, 0) is 31.5 Å². The maximum absolute atomic E-state index is 9.39. The molecule has 2 heterocycles. The van der Waals surface area contributed by atoms with Crippen LogP contribution in [-0.4, -0.2) is 23.2 Å². The quantitative estimate of drug-likeness (QED) is 0.919. The highest BCUT2D eigenvalue weighted by atomic mass is 35.5. The largest absolute Gasteiger partial charge is 0.337 e. The Kier molecular flexibility index (Phi) is 3.20. The highest BCUT2D eigenvalue weighted by Crippen LogP contribution is 2.31. The predicted molar refractivity (Wildman–Crippen MR) is 74.3 cm³/mol. The van der Waals surface area contributed by atoms with Gasteiger partial charge in [0.2, 0.25) is 11.7 Å². The van der Waals surface area contributed by atoms with Crippen LogP contribution in [0.3, 0.4) is 0 Å². The van der Waals surface area contributed by atoms with E-state index in [2.05, 4.69) is 21.5 Å². The van der Waals surface area contributed by atoms with Crippen molar-refractivity contribution < 1.29 is 4.52 Å². The van der Waals surface area contributed by atoms with Crippen LogP contribution < -0.4 is 5.32 Å². The van der Waals surface area contributed by atoms with Gasteiger partial charge in [0.25, 0.3) is 0 Å². The van der Waals surface area contributed by atoms with E-state index in [1.54, 1.807) is 6.07 Å². The van der Waals surface area contributed by atoms with Gasteiger partial charge in [0.15, 0.2) is 0 Å². The average Bonchev–Trinajstić information content (AvgIpc) is 3.10. The first kappa shape index (κ1) is 13.1. The van der Waals surface area contributed by atoms with Gasteiger partial charge >= 0.3 is 0 Å². The van der Waals surface area contributed by atoms with Gasteiger partial charge in [-0.3, -0.25) is 0 Å². The molecule has 3 rings (SSSR count). The van der Waals surface area contributed by atoms with Gasteiger partial charge in [-0.25, -0.2) is 0 Å². The van der Waals surface area contributed by atoms with E-state index in [1.807, 2.05) is 19.1 Å². The zero-order chi connectivity index (χ0) is 14.2. The molecule has 0 amide bonds. The summed E-state index contributed by atoms with van der Waals surface area (Å²) in [6.07, 6.45) is 0.680. The van der Waals surface area contributed by atoms with E-state index in [0.29, 0.717) is 29.7 Å². The van der Waals surface area contributed by atoms with Crippen LogP contribution in [0.25, 0.3) is 11.4 Å². The lowest BCUT2D eigenvalue weighted by molar-refractivity contribution is 0.330. The number of halogens is 1. The molecular weight excluding hydrogens is 276 g/mol. The Bertz CT molecular complexity index is 683. The van der Waals surface area contributed by atoms with Gasteiger partial charge in [-0.15, -0.1) is 0 Å². The molecule has 0 spiro atoms. The van der Waals surface area contributed by atoms with E-state index in [-0.39, 0.29) is 0 Å². The molecule has 2 aromatic rings. The SMILES string of the molecule is Cc1ccc(-c2noc(C3(C#N)CCNC3)n2)cc1Cl. The van der Waals surface area contributed by atoms with Crippen molar-refractivity contribution in [3.63, 3.8) is 0 Å². The van der Waals surface area contributed by atoms with Crippen LogP contribution >= 0.6 is 11.6 Å². The molecule has 20 heavy (non-hydrogen) atoms. The van der Waals surface area contributed by atoms with Crippen LogP contribution in [0.4, 0.5) is 0 Å². The molecule has 102 valence electrons. The first-order valence-corrected chi connectivity index (χ1v) is 6.75. The Morgan fingerprint density at radius 1 is 1.50 bits per heavy atom. The monoisotopic (exact) mass is 288 g/mol. The van der Waals surface area contributed by atoms with Crippen LogP contribution in [0, 0.1) is 18.3 Å². The third-order valence-corrected chi connectivity index (χ3v) is 4.04. The topological polar surface area (TPSA) is 74.7 Å². The minimum atomic E-state index is -0.709. The van der Waals surface area contributed by atoms with Gasteiger partial charge in [-0.1, -0.05) is 28.9 Å². The minimum Gasteiger partial charge on any atom is -0.337 e. The maximum Gasteiger partial charge on any atom is 0.248 e. The number of nitriles is 1. The summed E-state index contributed by atoms with van der Waals surface area (Å²) in [5.41, 5.74) is 1.07. The van der Waals surface area contributed by atoms with Crippen molar-refractivity contribution in [2.75, 3.05) is 13.1 Å². The number of rotatable bonds is 2. The molecule has 1 fully saturated rings. The molecular formula is C14H13ClN4O. The Morgan fingerprint density at radius 3 is 3.00 bits per heavy atom. The molecule has 6 heteroatoms. The zero-order valence-electron chi connectivity index (χ0n) is 11.0. The zero-order valence-corrected chi connectivity index (χ0v) is 11.7. The first-order valence-electron chi connectivity index (χ1n) is 6.37. The molecule has 1 N–H and O–H groups in total. The van der Waals surface area contributed by atoms with Crippen molar-refractivity contribution in [2.24, 2.45) is 0 Å². The van der Waals surface area contributed by atoms with E-state index < -0.39 is 5.41 Å². The Labute approximate surface area is 121 Å². The van der Waals surface area contributed by atoms with Crippen molar-refractivity contribution in [3.8, 4) is 17.5 Å². The van der Waals surface area contributed by atoms with E-state index >= 15 is 0 Å². The first-order chi connectivity index (χ1) is 9.64. The fourth-order valence-electron chi connectivity index (χ4n) is 2.28. The summed E-state index contributed by atoms with van der Waals surface area (Å²) in [7, 11) is 0. The summed E-state index contributed by atoms with van der Waals surface area (Å²) in [5, 5.41) is 17.2. The fourth-order valence-corrected chi connectivity index (χ4v) is 2.47. The van der Waals surface area contributed by atoms with Crippen molar-refractivity contribution in [1.29, 1.82) is 5.26 Å². The smallest absolute Gasteiger partial charge is 0.248 e. The highest BCUT2D eigenvalue weighted by Gasteiger charge is 2.41. The number of hydrogen-bond acceptors (Lipinski definition) is 5. The summed E-state index contributed by atoms with van der Waals surface area (Å²) in [6, 6.07) is 7.90. The van der Waals surface area contributed by atoms with E-state index in [9.17, 15) is 5.26 Å². The molecule has 0 saturated carbocycles.